The zero-order valence-electron chi connectivity index (χ0n) is 11.9. The predicted molar refractivity (Wildman–Crippen MR) is 81.8 cm³/mol. The second-order valence-corrected chi connectivity index (χ2v) is 19.6. The van der Waals surface area contributed by atoms with Crippen LogP contribution in [0.3, 0.4) is 0 Å². The molecule has 0 unspecified atom stereocenters. The number of halogens is 3. The number of benzene rings is 1. The molecule has 0 aliphatic heterocycles. The van der Waals surface area contributed by atoms with Crippen molar-refractivity contribution in [2.24, 2.45) is 0 Å². The van der Waals surface area contributed by atoms with E-state index < -0.39 is 35.7 Å². The van der Waals surface area contributed by atoms with Gasteiger partial charge in [0.15, 0.2) is 0 Å². The molecule has 0 aliphatic carbocycles. The van der Waals surface area contributed by atoms with Gasteiger partial charge in [0.1, 0.15) is 0 Å². The zero-order valence-corrected chi connectivity index (χ0v) is 15.3. The Hall–Kier alpha value is -0.131. The summed E-state index contributed by atoms with van der Waals surface area (Å²) in [5.74, 6) is 1.74. The first-order chi connectivity index (χ1) is 9.49. The molecule has 0 spiro atoms. The van der Waals surface area contributed by atoms with Gasteiger partial charge in [-0.05, 0) is 0 Å². The molecule has 0 saturated heterocycles. The van der Waals surface area contributed by atoms with Crippen molar-refractivity contribution in [1.29, 1.82) is 0 Å². The van der Waals surface area contributed by atoms with Crippen molar-refractivity contribution in [2.75, 3.05) is 12.8 Å². The number of hydrogen-bond donors (Lipinski definition) is 0. The first kappa shape index (κ1) is 18.9. The van der Waals surface area contributed by atoms with Gasteiger partial charge in [-0.1, -0.05) is 0 Å². The molecule has 0 saturated carbocycles. The molecule has 0 heterocycles. The summed E-state index contributed by atoms with van der Waals surface area (Å²) < 4.78 is 66.3. The first-order valence-electron chi connectivity index (χ1n) is 6.15. The summed E-state index contributed by atoms with van der Waals surface area (Å²) in [5, 5.41) is 0.570. The summed E-state index contributed by atoms with van der Waals surface area (Å²) in [4.78, 5) is 0. The molecule has 0 N–H and O–H groups in total. The van der Waals surface area contributed by atoms with E-state index in [4.69, 9.17) is 3.97 Å². The Morgan fingerprint density at radius 2 is 1.76 bits per heavy atom. The van der Waals surface area contributed by atoms with Crippen LogP contribution >= 0.6 is 5.52 Å². The van der Waals surface area contributed by atoms with Crippen molar-refractivity contribution in [3.05, 3.63) is 30.3 Å². The van der Waals surface area contributed by atoms with Gasteiger partial charge >= 0.3 is 129 Å². The van der Waals surface area contributed by atoms with Crippen molar-refractivity contribution < 1.29 is 25.6 Å². The molecule has 1 rings (SSSR count). The Labute approximate surface area is 129 Å². The van der Waals surface area contributed by atoms with Crippen molar-refractivity contribution in [3.63, 3.8) is 0 Å². The molecular formula is C12H18F3O3PSSe. The van der Waals surface area contributed by atoms with E-state index in [9.17, 15) is 21.6 Å². The van der Waals surface area contributed by atoms with Gasteiger partial charge in [-0.25, -0.2) is 0 Å². The minimum atomic E-state index is -5.62. The quantitative estimate of drug-likeness (QED) is 0.411. The molecule has 0 radical (unpaired) electrons. The Balaban J connectivity index is 3.49. The number of rotatable bonds is 6. The summed E-state index contributed by atoms with van der Waals surface area (Å²) in [6.07, 6.45) is 0.855. The van der Waals surface area contributed by atoms with Crippen LogP contribution in [0.1, 0.15) is 13.3 Å². The van der Waals surface area contributed by atoms with E-state index in [-0.39, 0.29) is 0 Å². The molecule has 0 aromatic heterocycles. The van der Waals surface area contributed by atoms with E-state index in [2.05, 4.69) is 0 Å². The van der Waals surface area contributed by atoms with E-state index in [1.807, 2.05) is 6.92 Å². The third-order valence-electron chi connectivity index (χ3n) is 3.20. The Morgan fingerprint density at radius 1 is 1.24 bits per heavy atom. The maximum atomic E-state index is 12.7. The number of hydrogen-bond acceptors (Lipinski definition) is 3. The van der Waals surface area contributed by atoms with Crippen LogP contribution in [0.15, 0.2) is 30.3 Å². The van der Waals surface area contributed by atoms with Gasteiger partial charge in [0.2, 0.25) is 0 Å². The molecule has 21 heavy (non-hydrogen) atoms. The topological polar surface area (TPSA) is 43.4 Å². The monoisotopic (exact) mass is 410 g/mol. The SMILES string of the molecule is CCCP(C)(OS(=O)(=O)C(F)(F)F)([Se]C)c1ccccc1. The third-order valence-corrected chi connectivity index (χ3v) is 19.8. The molecule has 3 nitrogen and oxygen atoms in total. The normalized spacial score (nSPS) is 15.4. The second-order valence-electron chi connectivity index (χ2n) is 4.79. The van der Waals surface area contributed by atoms with Gasteiger partial charge in [0.05, 0.1) is 0 Å². The van der Waals surface area contributed by atoms with E-state index in [0.29, 0.717) is 17.9 Å². The van der Waals surface area contributed by atoms with Gasteiger partial charge in [-0.15, -0.1) is 0 Å². The molecule has 9 heteroatoms. The van der Waals surface area contributed by atoms with Gasteiger partial charge in [-0.2, -0.15) is 0 Å². The van der Waals surface area contributed by atoms with Gasteiger partial charge in [0, 0.05) is 0 Å². The summed E-state index contributed by atoms with van der Waals surface area (Å²) >= 11 is -0.415. The van der Waals surface area contributed by atoms with E-state index >= 15 is 0 Å². The fraction of sp³-hybridized carbons (Fsp3) is 0.500. The third kappa shape index (κ3) is 3.80. The van der Waals surface area contributed by atoms with Crippen LogP contribution in [0.25, 0.3) is 0 Å². The summed E-state index contributed by atoms with van der Waals surface area (Å²) in [6.45, 7) is 3.39. The molecule has 1 aromatic carbocycles. The molecule has 0 amide bonds. The van der Waals surface area contributed by atoms with Crippen LogP contribution in [0.4, 0.5) is 13.2 Å². The van der Waals surface area contributed by atoms with Crippen LogP contribution in [-0.2, 0) is 14.1 Å². The average molecular weight is 409 g/mol. The predicted octanol–water partition coefficient (Wildman–Crippen LogP) is 3.35. The van der Waals surface area contributed by atoms with Crippen LogP contribution in [-0.4, -0.2) is 41.3 Å². The molecule has 0 aliphatic rings. The fourth-order valence-corrected chi connectivity index (χ4v) is 15.0. The van der Waals surface area contributed by atoms with E-state index in [0.717, 1.165) is 0 Å². The first-order valence-corrected chi connectivity index (χ1v) is 14.3. The summed E-state index contributed by atoms with van der Waals surface area (Å²) in [7, 11) is -5.62. The average Bonchev–Trinajstić information content (AvgIpc) is 2.38. The molecule has 0 atom stereocenters. The van der Waals surface area contributed by atoms with Crippen molar-refractivity contribution in [1.82, 2.24) is 0 Å². The van der Waals surface area contributed by atoms with Crippen molar-refractivity contribution in [3.8, 4) is 0 Å². The maximum absolute atomic E-state index is 12.7. The zero-order chi connectivity index (χ0) is 16.4. The Kier molecular flexibility index (Phi) is 5.56. The molecule has 0 fully saturated rings. The molecule has 1 aromatic rings. The Morgan fingerprint density at radius 3 is 2.14 bits per heavy atom. The van der Waals surface area contributed by atoms with E-state index in [1.54, 1.807) is 42.8 Å². The standard InChI is InChI=1S/C12H18F3O3PSSe/c1-4-10-19(2,21-3,11-8-6-5-7-9-11)18-20(16,17)12(13,14)15/h5-9H,4,10H2,1-3H3. The minimum absolute atomic E-state index is 0.307. The molecular weight excluding hydrogens is 391 g/mol. The van der Waals surface area contributed by atoms with Crippen LogP contribution in [0.2, 0.25) is 5.82 Å². The summed E-state index contributed by atoms with van der Waals surface area (Å²) in [5.41, 5.74) is -9.03. The van der Waals surface area contributed by atoms with Crippen LogP contribution in [0, 0.1) is 0 Å². The number of alkyl halides is 3. The van der Waals surface area contributed by atoms with Gasteiger partial charge in [-0.3, -0.25) is 0 Å². The second kappa shape index (κ2) is 6.17. The van der Waals surface area contributed by atoms with Crippen LogP contribution < -0.4 is 5.30 Å². The van der Waals surface area contributed by atoms with Crippen molar-refractivity contribution in [2.45, 2.75) is 24.7 Å². The molecule has 0 bridgehead atoms. The summed E-state index contributed by atoms with van der Waals surface area (Å²) in [6, 6.07) is 8.42. The van der Waals surface area contributed by atoms with Crippen molar-refractivity contribution >= 4 is 35.5 Å². The van der Waals surface area contributed by atoms with E-state index in [1.165, 1.54) is 0 Å². The van der Waals surface area contributed by atoms with Crippen LogP contribution in [0.5, 0.6) is 0 Å². The Bertz CT molecular complexity index is 594. The fourth-order valence-electron chi connectivity index (χ4n) is 2.06. The van der Waals surface area contributed by atoms with Gasteiger partial charge in [0.25, 0.3) is 0 Å². The van der Waals surface area contributed by atoms with Gasteiger partial charge < -0.3 is 0 Å². The molecule has 122 valence electrons.